The van der Waals surface area contributed by atoms with Gasteiger partial charge in [-0.2, -0.15) is 0 Å². The van der Waals surface area contributed by atoms with Crippen molar-refractivity contribution < 1.29 is 14.6 Å². The normalized spacial score (nSPS) is 17.7. The number of aliphatic carboxylic acids is 1. The van der Waals surface area contributed by atoms with Gasteiger partial charge < -0.3 is 9.84 Å². The summed E-state index contributed by atoms with van der Waals surface area (Å²) in [7, 11) is 0. The second-order valence-electron chi connectivity index (χ2n) is 7.24. The first-order valence-electron chi connectivity index (χ1n) is 9.88. The average Bonchev–Trinajstić information content (AvgIpc) is 3.25. The number of para-hydroxylation sites is 1. The minimum absolute atomic E-state index is 0.223. The fourth-order valence-corrected chi connectivity index (χ4v) is 4.02. The number of aromatic nitrogens is 1. The lowest BCUT2D eigenvalue weighted by atomic mass is 9.96. The first-order valence-corrected chi connectivity index (χ1v) is 9.88. The number of carbonyl (C=O) groups is 1. The number of carboxylic acid groups (broad SMARTS) is 1. The maximum Gasteiger partial charge on any atom is 0.320 e. The zero-order chi connectivity index (χ0) is 20.1. The van der Waals surface area contributed by atoms with E-state index in [2.05, 4.69) is 9.88 Å². The van der Waals surface area contributed by atoms with Gasteiger partial charge in [-0.25, -0.2) is 0 Å². The molecule has 0 saturated carbocycles. The first-order chi connectivity index (χ1) is 14.2. The molecule has 0 amide bonds. The van der Waals surface area contributed by atoms with E-state index in [9.17, 15) is 9.90 Å². The summed E-state index contributed by atoms with van der Waals surface area (Å²) in [5.41, 5.74) is 3.02. The number of ether oxygens (including phenoxy) is 1. The van der Waals surface area contributed by atoms with Gasteiger partial charge in [0.1, 0.15) is 18.4 Å². The minimum atomic E-state index is -0.779. The monoisotopic (exact) mass is 388 g/mol. The van der Waals surface area contributed by atoms with Crippen molar-refractivity contribution in [1.82, 2.24) is 9.88 Å². The number of hydrogen-bond donors (Lipinski definition) is 1. The quantitative estimate of drug-likeness (QED) is 0.654. The molecule has 0 spiro atoms. The molecule has 4 rings (SSSR count). The molecular formula is C24H24N2O3. The van der Waals surface area contributed by atoms with Crippen LogP contribution in [0.15, 0.2) is 79.1 Å². The van der Waals surface area contributed by atoms with Crippen LogP contribution in [0.2, 0.25) is 0 Å². The van der Waals surface area contributed by atoms with Gasteiger partial charge >= 0.3 is 5.97 Å². The third kappa shape index (κ3) is 4.30. The zero-order valence-corrected chi connectivity index (χ0v) is 16.1. The Labute approximate surface area is 170 Å². The van der Waals surface area contributed by atoms with Crippen molar-refractivity contribution in [2.24, 2.45) is 0 Å². The molecule has 1 aliphatic rings. The molecular weight excluding hydrogens is 364 g/mol. The molecule has 29 heavy (non-hydrogen) atoms. The predicted octanol–water partition coefficient (Wildman–Crippen LogP) is 4.30. The van der Waals surface area contributed by atoms with Crippen LogP contribution in [0, 0.1) is 0 Å². The van der Waals surface area contributed by atoms with Crippen LogP contribution in [0.5, 0.6) is 5.75 Å². The molecule has 1 fully saturated rings. The van der Waals surface area contributed by atoms with Crippen LogP contribution in [0.25, 0.3) is 0 Å². The number of nitrogens with zero attached hydrogens (tertiary/aromatic N) is 2. The molecule has 1 aliphatic heterocycles. The van der Waals surface area contributed by atoms with Gasteiger partial charge in [0, 0.05) is 24.5 Å². The second-order valence-corrected chi connectivity index (χ2v) is 7.24. The molecule has 0 aliphatic carbocycles. The van der Waals surface area contributed by atoms with Gasteiger partial charge in [0.2, 0.25) is 0 Å². The highest BCUT2D eigenvalue weighted by Gasteiger charge is 2.37. The summed E-state index contributed by atoms with van der Waals surface area (Å²) >= 11 is 0. The van der Waals surface area contributed by atoms with Gasteiger partial charge in [0.05, 0.1) is 6.04 Å². The maximum atomic E-state index is 11.9. The van der Waals surface area contributed by atoms with Gasteiger partial charge in [-0.05, 0) is 36.1 Å². The maximum absolute atomic E-state index is 11.9. The summed E-state index contributed by atoms with van der Waals surface area (Å²) < 4.78 is 6.19. The van der Waals surface area contributed by atoms with E-state index in [0.717, 1.165) is 35.4 Å². The van der Waals surface area contributed by atoms with Crippen LogP contribution in [0.1, 0.15) is 35.6 Å². The third-order valence-electron chi connectivity index (χ3n) is 5.36. The lowest BCUT2D eigenvalue weighted by molar-refractivity contribution is -0.142. The van der Waals surface area contributed by atoms with Crippen molar-refractivity contribution in [2.45, 2.75) is 31.5 Å². The summed E-state index contributed by atoms with van der Waals surface area (Å²) in [5, 5.41) is 9.76. The second kappa shape index (κ2) is 8.88. The van der Waals surface area contributed by atoms with E-state index >= 15 is 0 Å². The number of hydrogen-bond acceptors (Lipinski definition) is 4. The van der Waals surface area contributed by atoms with E-state index in [-0.39, 0.29) is 6.04 Å². The fraction of sp³-hybridized carbons (Fsp3) is 0.250. The van der Waals surface area contributed by atoms with Crippen molar-refractivity contribution in [3.05, 3.63) is 95.8 Å². The smallest absolute Gasteiger partial charge is 0.320 e. The fourth-order valence-electron chi connectivity index (χ4n) is 4.02. The van der Waals surface area contributed by atoms with Crippen molar-refractivity contribution >= 4 is 5.97 Å². The number of benzene rings is 2. The van der Waals surface area contributed by atoms with E-state index in [0.29, 0.717) is 13.0 Å². The first kappa shape index (κ1) is 19.2. The van der Waals surface area contributed by atoms with Crippen molar-refractivity contribution in [2.75, 3.05) is 6.54 Å². The van der Waals surface area contributed by atoms with Crippen molar-refractivity contribution in [3.8, 4) is 5.75 Å². The molecule has 2 unspecified atom stereocenters. The minimum Gasteiger partial charge on any atom is -0.489 e. The van der Waals surface area contributed by atoms with Crippen molar-refractivity contribution in [3.63, 3.8) is 0 Å². The Kier molecular flexibility index (Phi) is 5.86. The lowest BCUT2D eigenvalue weighted by Crippen LogP contribution is -2.39. The summed E-state index contributed by atoms with van der Waals surface area (Å²) in [6, 6.07) is 21.1. The lowest BCUT2D eigenvalue weighted by Gasteiger charge is -2.32. The highest BCUT2D eigenvalue weighted by Crippen LogP contribution is 2.38. The standard InChI is InChI=1S/C24H24N2O3/c27-24(28)21-12-7-15-26(21)23(19-10-6-14-25-16-19)20-11-4-5-13-22(20)29-17-18-8-2-1-3-9-18/h1-6,8-11,13-14,16,21,23H,7,12,15,17H2,(H,27,28). The SMILES string of the molecule is O=C(O)C1CCCN1C(c1cccnc1)c1ccccc1OCc1ccccc1. The predicted molar refractivity (Wildman–Crippen MR) is 111 cm³/mol. The topological polar surface area (TPSA) is 62.7 Å². The molecule has 0 radical (unpaired) electrons. The van der Waals surface area contributed by atoms with Crippen LogP contribution in [0.3, 0.4) is 0 Å². The Morgan fingerprint density at radius 2 is 1.90 bits per heavy atom. The van der Waals surface area contributed by atoms with E-state index in [1.807, 2.05) is 72.9 Å². The Morgan fingerprint density at radius 1 is 1.10 bits per heavy atom. The number of likely N-dealkylation sites (tertiary alicyclic amines) is 1. The summed E-state index contributed by atoms with van der Waals surface area (Å²) in [6.07, 6.45) is 5.06. The molecule has 148 valence electrons. The van der Waals surface area contributed by atoms with E-state index < -0.39 is 12.0 Å². The van der Waals surface area contributed by atoms with Crippen LogP contribution in [-0.2, 0) is 11.4 Å². The third-order valence-corrected chi connectivity index (χ3v) is 5.36. The van der Waals surface area contributed by atoms with Gasteiger partial charge in [-0.3, -0.25) is 14.7 Å². The number of rotatable bonds is 7. The molecule has 1 N–H and O–H groups in total. The van der Waals surface area contributed by atoms with Gasteiger partial charge in [0.25, 0.3) is 0 Å². The highest BCUT2D eigenvalue weighted by atomic mass is 16.5. The molecule has 2 atom stereocenters. The van der Waals surface area contributed by atoms with E-state index in [1.54, 1.807) is 6.20 Å². The molecule has 2 aromatic carbocycles. The Bertz CT molecular complexity index is 947. The molecule has 5 nitrogen and oxygen atoms in total. The number of carboxylic acids is 1. The van der Waals surface area contributed by atoms with Gasteiger partial charge in [-0.15, -0.1) is 0 Å². The van der Waals surface area contributed by atoms with Crippen LogP contribution in [0.4, 0.5) is 0 Å². The van der Waals surface area contributed by atoms with Crippen LogP contribution >= 0.6 is 0 Å². The molecule has 5 heteroatoms. The largest absolute Gasteiger partial charge is 0.489 e. The van der Waals surface area contributed by atoms with Gasteiger partial charge in [0.15, 0.2) is 0 Å². The number of pyridine rings is 1. The van der Waals surface area contributed by atoms with Gasteiger partial charge in [-0.1, -0.05) is 54.6 Å². The Balaban J connectivity index is 1.70. The zero-order valence-electron chi connectivity index (χ0n) is 16.1. The van der Waals surface area contributed by atoms with Crippen molar-refractivity contribution in [1.29, 1.82) is 0 Å². The molecule has 1 saturated heterocycles. The van der Waals surface area contributed by atoms with Crippen LogP contribution < -0.4 is 4.74 Å². The Morgan fingerprint density at radius 3 is 2.66 bits per heavy atom. The summed E-state index contributed by atoms with van der Waals surface area (Å²) in [6.45, 7) is 1.18. The van der Waals surface area contributed by atoms with E-state index in [1.165, 1.54) is 0 Å². The summed E-state index contributed by atoms with van der Waals surface area (Å²) in [5.74, 6) is -0.0136. The van der Waals surface area contributed by atoms with Crippen LogP contribution in [-0.4, -0.2) is 33.5 Å². The molecule has 2 heterocycles. The highest BCUT2D eigenvalue weighted by molar-refractivity contribution is 5.74. The molecule has 1 aromatic heterocycles. The summed E-state index contributed by atoms with van der Waals surface area (Å²) in [4.78, 5) is 18.2. The average molecular weight is 388 g/mol. The molecule has 3 aromatic rings. The van der Waals surface area contributed by atoms with E-state index in [4.69, 9.17) is 4.74 Å². The Hall–Kier alpha value is -3.18. The molecule has 0 bridgehead atoms.